The highest BCUT2D eigenvalue weighted by molar-refractivity contribution is 5.35. The van der Waals surface area contributed by atoms with E-state index in [2.05, 4.69) is 32.5 Å². The van der Waals surface area contributed by atoms with Crippen molar-refractivity contribution in [3.63, 3.8) is 0 Å². The summed E-state index contributed by atoms with van der Waals surface area (Å²) in [5, 5.41) is 6.15. The van der Waals surface area contributed by atoms with Crippen LogP contribution < -0.4 is 15.4 Å². The smallest absolute Gasteiger partial charge is 0.322 e. The summed E-state index contributed by atoms with van der Waals surface area (Å²) in [6.45, 7) is 4.70. The maximum Gasteiger partial charge on any atom is 0.322 e. The molecule has 7 nitrogen and oxygen atoms in total. The van der Waals surface area contributed by atoms with Crippen LogP contribution in [0.1, 0.15) is 19.8 Å². The molecule has 2 rings (SSSR count). The Morgan fingerprint density at radius 2 is 1.89 bits per heavy atom. The van der Waals surface area contributed by atoms with Gasteiger partial charge in [-0.15, -0.1) is 0 Å². The maximum absolute atomic E-state index is 5.39. The number of hydrogen-bond acceptors (Lipinski definition) is 7. The van der Waals surface area contributed by atoms with E-state index < -0.39 is 0 Å². The predicted octanol–water partition coefficient (Wildman–Crippen LogP) is 1.15. The lowest BCUT2D eigenvalue weighted by atomic mass is 9.82. The molecule has 106 valence electrons. The normalized spacial score (nSPS) is 17.8. The Morgan fingerprint density at radius 1 is 1.21 bits per heavy atom. The molecule has 0 saturated carbocycles. The Morgan fingerprint density at radius 3 is 2.53 bits per heavy atom. The van der Waals surface area contributed by atoms with E-state index in [0.29, 0.717) is 17.9 Å². The predicted molar refractivity (Wildman–Crippen MR) is 72.6 cm³/mol. The summed E-state index contributed by atoms with van der Waals surface area (Å²) < 4.78 is 10.4. The first kappa shape index (κ1) is 13.8. The molecular weight excluding hydrogens is 246 g/mol. The topological polar surface area (TPSA) is 81.2 Å². The van der Waals surface area contributed by atoms with Gasteiger partial charge in [-0.3, -0.25) is 0 Å². The van der Waals surface area contributed by atoms with E-state index in [1.807, 2.05) is 0 Å². The van der Waals surface area contributed by atoms with Gasteiger partial charge in [0.25, 0.3) is 0 Å². The summed E-state index contributed by atoms with van der Waals surface area (Å²) in [7, 11) is 3.30. The molecule has 0 amide bonds. The molecule has 0 aromatic carbocycles. The fourth-order valence-corrected chi connectivity index (χ4v) is 1.97. The number of nitrogens with one attached hydrogen (secondary N) is 2. The highest BCUT2D eigenvalue weighted by Gasteiger charge is 2.27. The minimum absolute atomic E-state index is 0.220. The Kier molecular flexibility index (Phi) is 4.36. The van der Waals surface area contributed by atoms with Gasteiger partial charge in [0.05, 0.1) is 7.11 Å². The Bertz CT molecular complexity index is 398. The van der Waals surface area contributed by atoms with Gasteiger partial charge in [-0.05, 0) is 18.3 Å². The number of ether oxygens (including phenoxy) is 2. The second-order valence-corrected chi connectivity index (χ2v) is 5.00. The van der Waals surface area contributed by atoms with Gasteiger partial charge in [0.15, 0.2) is 0 Å². The molecule has 0 bridgehead atoms. The van der Waals surface area contributed by atoms with Crippen molar-refractivity contribution in [3.05, 3.63) is 0 Å². The molecule has 1 fully saturated rings. The number of hydrogen-bond donors (Lipinski definition) is 2. The van der Waals surface area contributed by atoms with Crippen LogP contribution in [-0.2, 0) is 4.74 Å². The molecule has 1 aliphatic rings. The molecule has 2 N–H and O–H groups in total. The van der Waals surface area contributed by atoms with E-state index >= 15 is 0 Å². The van der Waals surface area contributed by atoms with Gasteiger partial charge in [-0.1, -0.05) is 6.92 Å². The highest BCUT2D eigenvalue weighted by Crippen LogP contribution is 2.29. The van der Waals surface area contributed by atoms with Gasteiger partial charge >= 0.3 is 6.01 Å². The summed E-state index contributed by atoms with van der Waals surface area (Å²) in [4.78, 5) is 12.5. The van der Waals surface area contributed by atoms with E-state index in [4.69, 9.17) is 9.47 Å². The number of rotatable bonds is 5. The summed E-state index contributed by atoms with van der Waals surface area (Å²) in [6.07, 6.45) is 2.09. The lowest BCUT2D eigenvalue weighted by molar-refractivity contribution is 0.0299. The minimum Gasteiger partial charge on any atom is -0.467 e. The van der Waals surface area contributed by atoms with Crippen LogP contribution in [-0.4, -0.2) is 48.9 Å². The summed E-state index contributed by atoms with van der Waals surface area (Å²) in [6, 6.07) is 0.305. The fourth-order valence-electron chi connectivity index (χ4n) is 1.97. The van der Waals surface area contributed by atoms with Crippen LogP contribution >= 0.6 is 0 Å². The van der Waals surface area contributed by atoms with E-state index in [1.165, 1.54) is 0 Å². The van der Waals surface area contributed by atoms with Crippen molar-refractivity contribution in [1.29, 1.82) is 0 Å². The SMILES string of the molecule is CNc1nc(NCC2(C)CCOCC2)nc(OC)n1. The van der Waals surface area contributed by atoms with Crippen LogP contribution in [0.25, 0.3) is 0 Å². The monoisotopic (exact) mass is 267 g/mol. The molecule has 0 atom stereocenters. The van der Waals surface area contributed by atoms with E-state index in [0.717, 1.165) is 32.6 Å². The summed E-state index contributed by atoms with van der Waals surface area (Å²) in [5.41, 5.74) is 0.220. The second kappa shape index (κ2) is 6.01. The molecule has 0 spiro atoms. The molecule has 1 aromatic rings. The average Bonchev–Trinajstić information content (AvgIpc) is 2.45. The third kappa shape index (κ3) is 3.66. The van der Waals surface area contributed by atoms with Crippen molar-refractivity contribution in [1.82, 2.24) is 15.0 Å². The molecule has 19 heavy (non-hydrogen) atoms. The third-order valence-electron chi connectivity index (χ3n) is 3.39. The molecule has 0 radical (unpaired) electrons. The average molecular weight is 267 g/mol. The third-order valence-corrected chi connectivity index (χ3v) is 3.39. The van der Waals surface area contributed by atoms with Crippen LogP contribution in [0.4, 0.5) is 11.9 Å². The molecule has 2 heterocycles. The zero-order valence-corrected chi connectivity index (χ0v) is 11.7. The quantitative estimate of drug-likeness (QED) is 0.828. The molecule has 7 heteroatoms. The van der Waals surface area contributed by atoms with Crippen molar-refractivity contribution in [2.45, 2.75) is 19.8 Å². The second-order valence-electron chi connectivity index (χ2n) is 5.00. The molecule has 1 aromatic heterocycles. The van der Waals surface area contributed by atoms with Gasteiger partial charge < -0.3 is 20.1 Å². The van der Waals surface area contributed by atoms with Crippen LogP contribution in [0, 0.1) is 5.41 Å². The first-order valence-electron chi connectivity index (χ1n) is 6.45. The van der Waals surface area contributed by atoms with Crippen molar-refractivity contribution in [2.75, 3.05) is 44.5 Å². The standard InChI is InChI=1S/C12H21N5O2/c1-12(4-6-19-7-5-12)8-14-10-15-9(13-2)16-11(17-10)18-3/h4-8H2,1-3H3,(H2,13,14,15,16,17). The van der Waals surface area contributed by atoms with Crippen molar-refractivity contribution < 1.29 is 9.47 Å². The Hall–Kier alpha value is -1.63. The summed E-state index contributed by atoms with van der Waals surface area (Å²) >= 11 is 0. The maximum atomic E-state index is 5.39. The molecule has 0 unspecified atom stereocenters. The number of anilines is 2. The zero-order chi connectivity index (χ0) is 13.7. The van der Waals surface area contributed by atoms with E-state index in [-0.39, 0.29) is 5.41 Å². The van der Waals surface area contributed by atoms with E-state index in [1.54, 1.807) is 14.2 Å². The number of aromatic nitrogens is 3. The van der Waals surface area contributed by atoms with E-state index in [9.17, 15) is 0 Å². The van der Waals surface area contributed by atoms with Crippen molar-refractivity contribution in [3.8, 4) is 6.01 Å². The van der Waals surface area contributed by atoms with Gasteiger partial charge in [-0.2, -0.15) is 15.0 Å². The largest absolute Gasteiger partial charge is 0.467 e. The molecule has 0 aliphatic carbocycles. The first-order valence-corrected chi connectivity index (χ1v) is 6.45. The van der Waals surface area contributed by atoms with Gasteiger partial charge in [0.2, 0.25) is 11.9 Å². The van der Waals surface area contributed by atoms with Crippen molar-refractivity contribution in [2.24, 2.45) is 5.41 Å². The summed E-state index contributed by atoms with van der Waals surface area (Å²) in [5.74, 6) is 1.02. The Balaban J connectivity index is 2.02. The molecule has 1 aliphatic heterocycles. The van der Waals surface area contributed by atoms with Crippen LogP contribution in [0.15, 0.2) is 0 Å². The van der Waals surface area contributed by atoms with Crippen LogP contribution in [0.5, 0.6) is 6.01 Å². The first-order chi connectivity index (χ1) is 9.15. The van der Waals surface area contributed by atoms with Crippen molar-refractivity contribution >= 4 is 11.9 Å². The van der Waals surface area contributed by atoms with Gasteiger partial charge in [0, 0.05) is 26.8 Å². The van der Waals surface area contributed by atoms with Gasteiger partial charge in [0.1, 0.15) is 0 Å². The fraction of sp³-hybridized carbons (Fsp3) is 0.750. The highest BCUT2D eigenvalue weighted by atomic mass is 16.5. The zero-order valence-electron chi connectivity index (χ0n) is 11.7. The number of methoxy groups -OCH3 is 1. The lowest BCUT2D eigenvalue weighted by Crippen LogP contribution is -2.33. The number of nitrogens with zero attached hydrogens (tertiary/aromatic N) is 3. The lowest BCUT2D eigenvalue weighted by Gasteiger charge is -2.33. The minimum atomic E-state index is 0.220. The van der Waals surface area contributed by atoms with Gasteiger partial charge in [-0.25, -0.2) is 0 Å². The molecule has 1 saturated heterocycles. The van der Waals surface area contributed by atoms with Crippen LogP contribution in [0.2, 0.25) is 0 Å². The van der Waals surface area contributed by atoms with Crippen LogP contribution in [0.3, 0.4) is 0 Å². The molecular formula is C12H21N5O2. The Labute approximate surface area is 113 Å².